The lowest BCUT2D eigenvalue weighted by molar-refractivity contribution is -0.137. The Morgan fingerprint density at radius 1 is 1.29 bits per heavy atom. The standard InChI is InChI=1S/C16H21F2NO2/c17-16(18,13-6-2-1-3-7-13)12-19-11-5-4-8-14(19)9-10-15(20)21/h1-3,6-7,14H,4-5,8-12H2,(H,20,21). The lowest BCUT2D eigenvalue weighted by atomic mass is 9.96. The predicted molar refractivity (Wildman–Crippen MR) is 76.4 cm³/mol. The maximum atomic E-state index is 14.4. The van der Waals surface area contributed by atoms with Gasteiger partial charge >= 0.3 is 5.97 Å². The van der Waals surface area contributed by atoms with Crippen molar-refractivity contribution in [3.8, 4) is 0 Å². The van der Waals surface area contributed by atoms with Gasteiger partial charge in [-0.05, 0) is 25.8 Å². The number of carboxylic acids is 1. The van der Waals surface area contributed by atoms with Crippen LogP contribution in [0, 0.1) is 0 Å². The topological polar surface area (TPSA) is 40.5 Å². The van der Waals surface area contributed by atoms with Crippen LogP contribution in [0.25, 0.3) is 0 Å². The van der Waals surface area contributed by atoms with Crippen molar-refractivity contribution in [1.82, 2.24) is 4.90 Å². The van der Waals surface area contributed by atoms with E-state index in [0.29, 0.717) is 13.0 Å². The number of halogens is 2. The van der Waals surface area contributed by atoms with Gasteiger partial charge in [0.05, 0.1) is 6.54 Å². The van der Waals surface area contributed by atoms with Crippen molar-refractivity contribution in [2.75, 3.05) is 13.1 Å². The maximum Gasteiger partial charge on any atom is 0.303 e. The van der Waals surface area contributed by atoms with E-state index < -0.39 is 11.9 Å². The van der Waals surface area contributed by atoms with Crippen LogP contribution in [-0.2, 0) is 10.7 Å². The van der Waals surface area contributed by atoms with Crippen LogP contribution < -0.4 is 0 Å². The molecule has 1 aromatic rings. The number of carboxylic acid groups (broad SMARTS) is 1. The molecule has 1 fully saturated rings. The zero-order chi connectivity index (χ0) is 15.3. The van der Waals surface area contributed by atoms with Crippen LogP contribution in [-0.4, -0.2) is 35.1 Å². The summed E-state index contributed by atoms with van der Waals surface area (Å²) < 4.78 is 28.7. The van der Waals surface area contributed by atoms with E-state index in [-0.39, 0.29) is 24.6 Å². The molecular formula is C16H21F2NO2. The largest absolute Gasteiger partial charge is 0.481 e. The third-order valence-electron chi connectivity index (χ3n) is 4.04. The summed E-state index contributed by atoms with van der Waals surface area (Å²) in [6.07, 6.45) is 3.17. The lowest BCUT2D eigenvalue weighted by Crippen LogP contribution is -2.45. The number of hydrogen-bond acceptors (Lipinski definition) is 2. The van der Waals surface area contributed by atoms with Gasteiger partial charge in [0.25, 0.3) is 5.92 Å². The fourth-order valence-electron chi connectivity index (χ4n) is 2.91. The molecule has 1 saturated heterocycles. The van der Waals surface area contributed by atoms with E-state index in [1.165, 1.54) is 12.1 Å². The Balaban J connectivity index is 2.02. The molecule has 1 aromatic carbocycles. The first-order chi connectivity index (χ1) is 9.99. The first-order valence-corrected chi connectivity index (χ1v) is 7.38. The van der Waals surface area contributed by atoms with Crippen molar-refractivity contribution in [2.45, 2.75) is 44.1 Å². The second-order valence-corrected chi connectivity index (χ2v) is 5.62. The summed E-state index contributed by atoms with van der Waals surface area (Å²) in [6.45, 7) is 0.286. The van der Waals surface area contributed by atoms with Crippen molar-refractivity contribution in [2.24, 2.45) is 0 Å². The van der Waals surface area contributed by atoms with Crippen molar-refractivity contribution >= 4 is 5.97 Å². The van der Waals surface area contributed by atoms with Gasteiger partial charge in [-0.25, -0.2) is 0 Å². The van der Waals surface area contributed by atoms with E-state index in [1.54, 1.807) is 23.1 Å². The van der Waals surface area contributed by atoms with Crippen LogP contribution in [0.5, 0.6) is 0 Å². The second kappa shape index (κ2) is 6.98. The Labute approximate surface area is 123 Å². The van der Waals surface area contributed by atoms with Crippen LogP contribution >= 0.6 is 0 Å². The highest BCUT2D eigenvalue weighted by molar-refractivity contribution is 5.66. The van der Waals surface area contributed by atoms with Gasteiger partial charge in [0.2, 0.25) is 0 Å². The molecule has 0 aromatic heterocycles. The Morgan fingerprint density at radius 3 is 2.67 bits per heavy atom. The quantitative estimate of drug-likeness (QED) is 0.873. The number of likely N-dealkylation sites (tertiary alicyclic amines) is 1. The van der Waals surface area contributed by atoms with Crippen molar-refractivity contribution < 1.29 is 18.7 Å². The molecule has 0 saturated carbocycles. The number of aliphatic carboxylic acids is 1. The zero-order valence-corrected chi connectivity index (χ0v) is 12.0. The molecular weight excluding hydrogens is 276 g/mol. The molecule has 2 rings (SSSR count). The van der Waals surface area contributed by atoms with E-state index in [2.05, 4.69) is 0 Å². The van der Waals surface area contributed by atoms with Crippen LogP contribution in [0.3, 0.4) is 0 Å². The fourth-order valence-corrected chi connectivity index (χ4v) is 2.91. The highest BCUT2D eigenvalue weighted by Crippen LogP contribution is 2.32. The third-order valence-corrected chi connectivity index (χ3v) is 4.04. The number of benzene rings is 1. The van der Waals surface area contributed by atoms with Gasteiger partial charge in [-0.3, -0.25) is 9.69 Å². The molecule has 1 aliphatic rings. The average Bonchev–Trinajstić information content (AvgIpc) is 2.47. The van der Waals surface area contributed by atoms with Gasteiger partial charge in [0.1, 0.15) is 0 Å². The first-order valence-electron chi connectivity index (χ1n) is 7.38. The number of piperidine rings is 1. The predicted octanol–water partition coefficient (Wildman–Crippen LogP) is 3.50. The van der Waals surface area contributed by atoms with E-state index >= 15 is 0 Å². The fraction of sp³-hybridized carbons (Fsp3) is 0.562. The number of nitrogens with zero attached hydrogens (tertiary/aromatic N) is 1. The monoisotopic (exact) mass is 297 g/mol. The summed E-state index contributed by atoms with van der Waals surface area (Å²) in [5.41, 5.74) is 0.0209. The molecule has 3 nitrogen and oxygen atoms in total. The molecule has 0 amide bonds. The molecule has 116 valence electrons. The molecule has 1 aliphatic heterocycles. The van der Waals surface area contributed by atoms with E-state index in [4.69, 9.17) is 5.11 Å². The molecule has 5 heteroatoms. The zero-order valence-electron chi connectivity index (χ0n) is 12.0. The first kappa shape index (κ1) is 15.9. The molecule has 0 radical (unpaired) electrons. The molecule has 1 heterocycles. The summed E-state index contributed by atoms with van der Waals surface area (Å²) >= 11 is 0. The second-order valence-electron chi connectivity index (χ2n) is 5.62. The SMILES string of the molecule is O=C(O)CCC1CCCCN1CC(F)(F)c1ccccc1. The molecule has 1 unspecified atom stereocenters. The minimum atomic E-state index is -2.90. The summed E-state index contributed by atoms with van der Waals surface area (Å²) in [5, 5.41) is 8.77. The van der Waals surface area contributed by atoms with Gasteiger partial charge in [-0.1, -0.05) is 36.8 Å². The minimum absolute atomic E-state index is 0.0209. The highest BCUT2D eigenvalue weighted by atomic mass is 19.3. The number of carbonyl (C=O) groups is 1. The summed E-state index contributed by atoms with van der Waals surface area (Å²) in [7, 11) is 0. The number of rotatable bonds is 6. The van der Waals surface area contributed by atoms with Gasteiger partial charge in [0, 0.05) is 18.0 Å². The Hall–Kier alpha value is -1.49. The molecule has 21 heavy (non-hydrogen) atoms. The number of hydrogen-bond donors (Lipinski definition) is 1. The molecule has 0 bridgehead atoms. The van der Waals surface area contributed by atoms with Crippen molar-refractivity contribution in [1.29, 1.82) is 0 Å². The van der Waals surface area contributed by atoms with Gasteiger partial charge in [0.15, 0.2) is 0 Å². The molecule has 1 atom stereocenters. The van der Waals surface area contributed by atoms with Gasteiger partial charge in [-0.15, -0.1) is 0 Å². The smallest absolute Gasteiger partial charge is 0.303 e. The Bertz CT molecular complexity index is 465. The molecule has 0 spiro atoms. The van der Waals surface area contributed by atoms with Crippen LogP contribution in [0.4, 0.5) is 8.78 Å². The van der Waals surface area contributed by atoms with E-state index in [1.807, 2.05) is 0 Å². The van der Waals surface area contributed by atoms with Crippen LogP contribution in [0.1, 0.15) is 37.7 Å². The Morgan fingerprint density at radius 2 is 2.00 bits per heavy atom. The maximum absolute atomic E-state index is 14.4. The molecule has 1 N–H and O–H groups in total. The Kier molecular flexibility index (Phi) is 5.28. The van der Waals surface area contributed by atoms with Gasteiger partial charge < -0.3 is 5.11 Å². The highest BCUT2D eigenvalue weighted by Gasteiger charge is 2.36. The molecule has 0 aliphatic carbocycles. The van der Waals surface area contributed by atoms with Crippen LogP contribution in [0.2, 0.25) is 0 Å². The summed E-state index contributed by atoms with van der Waals surface area (Å²) in [4.78, 5) is 12.5. The normalized spacial score (nSPS) is 20.4. The lowest BCUT2D eigenvalue weighted by Gasteiger charge is -2.37. The van der Waals surface area contributed by atoms with E-state index in [9.17, 15) is 13.6 Å². The average molecular weight is 297 g/mol. The minimum Gasteiger partial charge on any atom is -0.481 e. The summed E-state index contributed by atoms with van der Waals surface area (Å²) in [6, 6.07) is 7.77. The van der Waals surface area contributed by atoms with Crippen LogP contribution in [0.15, 0.2) is 30.3 Å². The van der Waals surface area contributed by atoms with E-state index in [0.717, 1.165) is 19.3 Å². The summed E-state index contributed by atoms with van der Waals surface area (Å²) in [5.74, 6) is -3.77. The third kappa shape index (κ3) is 4.49. The van der Waals surface area contributed by atoms with Gasteiger partial charge in [-0.2, -0.15) is 8.78 Å². The number of alkyl halides is 2. The van der Waals surface area contributed by atoms with Crippen molar-refractivity contribution in [3.63, 3.8) is 0 Å². The van der Waals surface area contributed by atoms with Crippen molar-refractivity contribution in [3.05, 3.63) is 35.9 Å².